The quantitative estimate of drug-likeness (QED) is 0.462. The Bertz CT molecular complexity index is 92.7. The van der Waals surface area contributed by atoms with Crippen LogP contribution in [0.1, 0.15) is 58.3 Å². The third-order valence-corrected chi connectivity index (χ3v) is 2.59. The van der Waals surface area contributed by atoms with Crippen LogP contribution >= 0.6 is 0 Å². The van der Waals surface area contributed by atoms with Gasteiger partial charge in [0.15, 0.2) is 0 Å². The Morgan fingerprint density at radius 3 is 1.60 bits per heavy atom. The maximum absolute atomic E-state index is 5.29. The van der Waals surface area contributed by atoms with Gasteiger partial charge in [-0.3, -0.25) is 0 Å². The molecule has 0 aromatic rings. The van der Waals surface area contributed by atoms with E-state index in [2.05, 4.69) is 6.92 Å². The van der Waals surface area contributed by atoms with Crippen molar-refractivity contribution in [3.8, 4) is 0 Å². The fraction of sp³-hybridized carbons (Fsp3) is 1.00. The molecule has 0 rings (SSSR count). The average molecular weight is 216 g/mol. The minimum absolute atomic E-state index is 0.861. The molecule has 0 aliphatic rings. The van der Waals surface area contributed by atoms with E-state index in [0.29, 0.717) is 0 Å². The van der Waals surface area contributed by atoms with Crippen LogP contribution in [-0.4, -0.2) is 26.9 Å². The molecule has 0 N–H and O–H groups in total. The van der Waals surface area contributed by atoms with Crippen LogP contribution in [0.5, 0.6) is 0 Å². The van der Waals surface area contributed by atoms with Crippen LogP contribution in [0.25, 0.3) is 0 Å². The van der Waals surface area contributed by atoms with Crippen LogP contribution in [-0.2, 0) is 9.47 Å². The van der Waals surface area contributed by atoms with Gasteiger partial charge < -0.3 is 9.47 Å². The normalized spacial score (nSPS) is 10.8. The maximum atomic E-state index is 5.29. The summed E-state index contributed by atoms with van der Waals surface area (Å²) in [5.74, 6) is 0. The second-order valence-electron chi connectivity index (χ2n) is 4.02. The molecule has 0 unspecified atom stereocenters. The van der Waals surface area contributed by atoms with Gasteiger partial charge in [-0.25, -0.2) is 0 Å². The van der Waals surface area contributed by atoms with Crippen molar-refractivity contribution in [1.29, 1.82) is 0 Å². The number of ether oxygens (including phenoxy) is 2. The summed E-state index contributed by atoms with van der Waals surface area (Å²) in [6, 6.07) is 0. The van der Waals surface area contributed by atoms with E-state index in [-0.39, 0.29) is 0 Å². The molecule has 2 heteroatoms. The van der Waals surface area contributed by atoms with Gasteiger partial charge in [0, 0.05) is 26.9 Å². The fourth-order valence-electron chi connectivity index (χ4n) is 1.66. The zero-order valence-electron chi connectivity index (χ0n) is 10.6. The van der Waals surface area contributed by atoms with Gasteiger partial charge in [0.25, 0.3) is 0 Å². The van der Waals surface area contributed by atoms with Gasteiger partial charge in [0.05, 0.1) is 0 Å². The summed E-state index contributed by atoms with van der Waals surface area (Å²) in [6.07, 6.45) is 10.6. The van der Waals surface area contributed by atoms with Crippen LogP contribution in [0.15, 0.2) is 0 Å². The highest BCUT2D eigenvalue weighted by molar-refractivity contribution is 4.46. The zero-order valence-corrected chi connectivity index (χ0v) is 10.6. The van der Waals surface area contributed by atoms with Gasteiger partial charge in [-0.15, -0.1) is 0 Å². The van der Waals surface area contributed by atoms with Crippen molar-refractivity contribution in [2.24, 2.45) is 0 Å². The summed E-state index contributed by atoms with van der Waals surface area (Å²) in [5, 5.41) is 0. The molecule has 0 aromatic heterocycles. The monoisotopic (exact) mass is 216 g/mol. The minimum atomic E-state index is 0.861. The highest BCUT2D eigenvalue weighted by Gasteiger charge is 1.92. The van der Waals surface area contributed by atoms with Crippen LogP contribution in [0, 0.1) is 0 Å². The third-order valence-electron chi connectivity index (χ3n) is 2.59. The predicted octanol–water partition coefficient (Wildman–Crippen LogP) is 3.79. The van der Waals surface area contributed by atoms with Crippen molar-refractivity contribution in [2.45, 2.75) is 58.3 Å². The smallest absolute Gasteiger partial charge is 0.0465 e. The van der Waals surface area contributed by atoms with Crippen LogP contribution in [0.4, 0.5) is 0 Å². The second kappa shape index (κ2) is 13.9. The Morgan fingerprint density at radius 2 is 1.13 bits per heavy atom. The molecule has 92 valence electrons. The predicted molar refractivity (Wildman–Crippen MR) is 65.3 cm³/mol. The highest BCUT2D eigenvalue weighted by atomic mass is 16.5. The molecule has 0 radical (unpaired) electrons. The lowest BCUT2D eigenvalue weighted by molar-refractivity contribution is 0.143. The molecule has 0 aliphatic carbocycles. The molecule has 0 saturated heterocycles. The average Bonchev–Trinajstić information content (AvgIpc) is 2.26. The summed E-state index contributed by atoms with van der Waals surface area (Å²) in [7, 11) is 1.78. The van der Waals surface area contributed by atoms with Crippen LogP contribution in [0.2, 0.25) is 0 Å². The first kappa shape index (κ1) is 14.9. The molecule has 0 saturated carbocycles. The van der Waals surface area contributed by atoms with Gasteiger partial charge in [0.2, 0.25) is 0 Å². The third kappa shape index (κ3) is 13.9. The number of rotatable bonds is 12. The lowest BCUT2D eigenvalue weighted by Crippen LogP contribution is -1.93. The SMILES string of the molecule is CCOCCCCCCCCCCOC. The van der Waals surface area contributed by atoms with Gasteiger partial charge >= 0.3 is 0 Å². The Kier molecular flexibility index (Phi) is 13.8. The summed E-state index contributed by atoms with van der Waals surface area (Å²) in [5.41, 5.74) is 0. The number of hydrogen-bond donors (Lipinski definition) is 0. The summed E-state index contributed by atoms with van der Waals surface area (Å²) >= 11 is 0. The topological polar surface area (TPSA) is 18.5 Å². The van der Waals surface area contributed by atoms with Gasteiger partial charge in [0.1, 0.15) is 0 Å². The van der Waals surface area contributed by atoms with Crippen molar-refractivity contribution in [1.82, 2.24) is 0 Å². The van der Waals surface area contributed by atoms with Crippen molar-refractivity contribution < 1.29 is 9.47 Å². The van der Waals surface area contributed by atoms with E-state index >= 15 is 0 Å². The molecular weight excluding hydrogens is 188 g/mol. The van der Waals surface area contributed by atoms with Crippen LogP contribution < -0.4 is 0 Å². The molecule has 0 aromatic carbocycles. The summed E-state index contributed by atoms with van der Waals surface area (Å²) in [6.45, 7) is 4.79. The fourth-order valence-corrected chi connectivity index (χ4v) is 1.66. The molecule has 0 bridgehead atoms. The van der Waals surface area contributed by atoms with Crippen molar-refractivity contribution in [2.75, 3.05) is 26.9 Å². The van der Waals surface area contributed by atoms with Crippen molar-refractivity contribution in [3.05, 3.63) is 0 Å². The molecule has 15 heavy (non-hydrogen) atoms. The number of methoxy groups -OCH3 is 1. The van der Waals surface area contributed by atoms with Gasteiger partial charge in [-0.2, -0.15) is 0 Å². The van der Waals surface area contributed by atoms with E-state index in [1.807, 2.05) is 0 Å². The first-order chi connectivity index (χ1) is 7.41. The van der Waals surface area contributed by atoms with E-state index in [1.165, 1.54) is 51.4 Å². The van der Waals surface area contributed by atoms with E-state index in [1.54, 1.807) is 7.11 Å². The Hall–Kier alpha value is -0.0800. The van der Waals surface area contributed by atoms with Crippen LogP contribution in [0.3, 0.4) is 0 Å². The Balaban J connectivity index is 2.81. The molecule has 0 amide bonds. The Morgan fingerprint density at radius 1 is 0.667 bits per heavy atom. The Labute approximate surface area is 95.3 Å². The second-order valence-corrected chi connectivity index (χ2v) is 4.02. The number of unbranched alkanes of at least 4 members (excludes halogenated alkanes) is 7. The molecular formula is C13H28O2. The highest BCUT2D eigenvalue weighted by Crippen LogP contribution is 2.08. The largest absolute Gasteiger partial charge is 0.385 e. The lowest BCUT2D eigenvalue weighted by atomic mass is 10.1. The first-order valence-electron chi connectivity index (χ1n) is 6.48. The number of hydrogen-bond acceptors (Lipinski definition) is 2. The van der Waals surface area contributed by atoms with E-state index < -0.39 is 0 Å². The summed E-state index contributed by atoms with van der Waals surface area (Å²) in [4.78, 5) is 0. The van der Waals surface area contributed by atoms with Gasteiger partial charge in [-0.1, -0.05) is 38.5 Å². The van der Waals surface area contributed by atoms with Crippen molar-refractivity contribution >= 4 is 0 Å². The zero-order chi connectivity index (χ0) is 11.2. The van der Waals surface area contributed by atoms with Gasteiger partial charge in [-0.05, 0) is 19.8 Å². The molecule has 0 aliphatic heterocycles. The van der Waals surface area contributed by atoms with E-state index in [4.69, 9.17) is 9.47 Å². The first-order valence-corrected chi connectivity index (χ1v) is 6.48. The molecule has 0 spiro atoms. The standard InChI is InChI=1S/C13H28O2/c1-3-15-13-11-9-7-5-4-6-8-10-12-14-2/h3-13H2,1-2H3. The maximum Gasteiger partial charge on any atom is 0.0465 e. The minimum Gasteiger partial charge on any atom is -0.385 e. The molecule has 2 nitrogen and oxygen atoms in total. The van der Waals surface area contributed by atoms with Crippen molar-refractivity contribution in [3.63, 3.8) is 0 Å². The van der Waals surface area contributed by atoms with E-state index in [9.17, 15) is 0 Å². The molecule has 0 heterocycles. The molecule has 0 atom stereocenters. The van der Waals surface area contributed by atoms with E-state index in [0.717, 1.165) is 19.8 Å². The molecule has 0 fully saturated rings. The lowest BCUT2D eigenvalue weighted by Gasteiger charge is -2.02. The summed E-state index contributed by atoms with van der Waals surface area (Å²) < 4.78 is 10.3.